The van der Waals surface area contributed by atoms with Crippen LogP contribution in [0.3, 0.4) is 0 Å². The van der Waals surface area contributed by atoms with Gasteiger partial charge in [0.1, 0.15) is 18.2 Å². The molecule has 8 aromatic rings. The number of hydrogen-bond acceptors (Lipinski definition) is 3. The molecule has 2 aliphatic rings. The fourth-order valence-electron chi connectivity index (χ4n) is 8.42. The van der Waals surface area contributed by atoms with Gasteiger partial charge in [-0.15, -0.1) is 0 Å². The van der Waals surface area contributed by atoms with Gasteiger partial charge in [0.15, 0.2) is 0 Å². The zero-order chi connectivity index (χ0) is 34.8. The molecule has 10 rings (SSSR count). The zero-order valence-corrected chi connectivity index (χ0v) is 29.2. The number of nitrogens with zero attached hydrogens (tertiary/aromatic N) is 2. The Labute approximate surface area is 304 Å². The maximum Gasteiger partial charge on any atom is 0.131 e. The first kappa shape index (κ1) is 30.6. The highest BCUT2D eigenvalue weighted by Gasteiger charge is 2.36. The molecule has 250 valence electrons. The van der Waals surface area contributed by atoms with Gasteiger partial charge in [-0.3, -0.25) is 5.32 Å². The molecule has 0 spiro atoms. The standard InChI is InChI=1S/C48H38N4/c1-48(2)41-24-13-12-23-37(41)38-29-40-39-28-34(31-15-6-3-7-16-31)25-26-43(39)52(44(40)30-42(38)48)36-22-14-21-35(27-36)47-50-45(32-17-8-4-9-18-32)49-46(51-47)33-19-10-5-11-20-33/h3-30,45-46,49H,1-2H3,(H,50,51). The topological polar surface area (TPSA) is 41.4 Å². The summed E-state index contributed by atoms with van der Waals surface area (Å²) < 4.78 is 2.45. The molecular weight excluding hydrogens is 633 g/mol. The highest BCUT2D eigenvalue weighted by Crippen LogP contribution is 2.51. The lowest BCUT2D eigenvalue weighted by atomic mass is 9.82. The molecule has 4 heteroatoms. The number of hydrogen-bond donors (Lipinski definition) is 2. The minimum Gasteiger partial charge on any atom is -0.350 e. The Morgan fingerprint density at radius 1 is 0.519 bits per heavy atom. The molecule has 4 nitrogen and oxygen atoms in total. The third-order valence-corrected chi connectivity index (χ3v) is 11.1. The SMILES string of the molecule is CC1(C)c2ccccc2-c2cc3c4cc(-c5ccccc5)ccc4n(-c4cccc(C5=NC(c6ccccc6)NC(c6ccccc6)N5)c4)c3cc21. The minimum atomic E-state index is -0.192. The van der Waals surface area contributed by atoms with Crippen LogP contribution in [0.5, 0.6) is 0 Å². The van der Waals surface area contributed by atoms with Crippen molar-refractivity contribution in [2.24, 2.45) is 4.99 Å². The highest BCUT2D eigenvalue weighted by atomic mass is 15.3. The first-order valence-corrected chi connectivity index (χ1v) is 18.1. The summed E-state index contributed by atoms with van der Waals surface area (Å²) in [6.45, 7) is 4.72. The van der Waals surface area contributed by atoms with Crippen LogP contribution in [0.2, 0.25) is 0 Å². The van der Waals surface area contributed by atoms with Crippen LogP contribution in [0.15, 0.2) is 175 Å². The Morgan fingerprint density at radius 2 is 1.19 bits per heavy atom. The maximum absolute atomic E-state index is 5.26. The van der Waals surface area contributed by atoms with E-state index in [-0.39, 0.29) is 17.7 Å². The molecule has 2 unspecified atom stereocenters. The molecule has 0 fully saturated rings. The normalized spacial score (nSPS) is 17.4. The van der Waals surface area contributed by atoms with Crippen molar-refractivity contribution in [3.05, 3.63) is 198 Å². The summed E-state index contributed by atoms with van der Waals surface area (Å²) in [7, 11) is 0. The second-order valence-corrected chi connectivity index (χ2v) is 14.5. The lowest BCUT2D eigenvalue weighted by Gasteiger charge is -2.32. The number of aromatic nitrogens is 1. The predicted molar refractivity (Wildman–Crippen MR) is 215 cm³/mol. The van der Waals surface area contributed by atoms with Gasteiger partial charge in [0, 0.05) is 27.4 Å². The van der Waals surface area contributed by atoms with Gasteiger partial charge >= 0.3 is 0 Å². The smallest absolute Gasteiger partial charge is 0.131 e. The molecular formula is C48H38N4. The second kappa shape index (κ2) is 11.9. The van der Waals surface area contributed by atoms with Gasteiger partial charge in [0.2, 0.25) is 0 Å². The van der Waals surface area contributed by atoms with Gasteiger partial charge in [0.25, 0.3) is 0 Å². The average Bonchev–Trinajstić information content (AvgIpc) is 3.65. The van der Waals surface area contributed by atoms with E-state index in [1.807, 2.05) is 0 Å². The van der Waals surface area contributed by atoms with Crippen molar-refractivity contribution >= 4 is 27.6 Å². The van der Waals surface area contributed by atoms with Crippen LogP contribution in [-0.4, -0.2) is 10.4 Å². The van der Waals surface area contributed by atoms with Gasteiger partial charge in [-0.25, -0.2) is 4.99 Å². The number of benzene rings is 7. The van der Waals surface area contributed by atoms with E-state index in [0.29, 0.717) is 0 Å². The number of amidine groups is 1. The van der Waals surface area contributed by atoms with Crippen LogP contribution in [0.1, 0.15) is 54.0 Å². The third-order valence-electron chi connectivity index (χ3n) is 11.1. The molecule has 1 aliphatic heterocycles. The molecule has 2 N–H and O–H groups in total. The van der Waals surface area contributed by atoms with Crippen molar-refractivity contribution in [1.29, 1.82) is 0 Å². The average molecular weight is 671 g/mol. The monoisotopic (exact) mass is 670 g/mol. The molecule has 0 saturated heterocycles. The summed E-state index contributed by atoms with van der Waals surface area (Å²) in [6, 6.07) is 61.3. The predicted octanol–water partition coefficient (Wildman–Crippen LogP) is 11.1. The van der Waals surface area contributed by atoms with Crippen LogP contribution in [0, 0.1) is 0 Å². The van der Waals surface area contributed by atoms with Gasteiger partial charge in [-0.05, 0) is 80.9 Å². The van der Waals surface area contributed by atoms with Crippen LogP contribution in [0.4, 0.5) is 0 Å². The minimum absolute atomic E-state index is 0.0985. The Bertz CT molecular complexity index is 2650. The Hall–Kier alpha value is -6.23. The van der Waals surface area contributed by atoms with E-state index in [1.165, 1.54) is 60.8 Å². The van der Waals surface area contributed by atoms with Crippen LogP contribution in [0.25, 0.3) is 49.7 Å². The maximum atomic E-state index is 5.26. The summed E-state index contributed by atoms with van der Waals surface area (Å²) >= 11 is 0. The van der Waals surface area contributed by atoms with E-state index in [1.54, 1.807) is 0 Å². The van der Waals surface area contributed by atoms with Crippen LogP contribution in [-0.2, 0) is 5.41 Å². The number of fused-ring (bicyclic) bond motifs is 6. The molecule has 0 radical (unpaired) electrons. The van der Waals surface area contributed by atoms with Gasteiger partial charge < -0.3 is 9.88 Å². The number of aliphatic imine (C=N–C) groups is 1. The van der Waals surface area contributed by atoms with Crippen LogP contribution < -0.4 is 10.6 Å². The van der Waals surface area contributed by atoms with Crippen molar-refractivity contribution in [1.82, 2.24) is 15.2 Å². The van der Waals surface area contributed by atoms with E-state index in [0.717, 1.165) is 22.6 Å². The van der Waals surface area contributed by atoms with E-state index in [9.17, 15) is 0 Å². The van der Waals surface area contributed by atoms with E-state index in [4.69, 9.17) is 4.99 Å². The molecule has 52 heavy (non-hydrogen) atoms. The second-order valence-electron chi connectivity index (χ2n) is 14.5. The van der Waals surface area contributed by atoms with E-state index < -0.39 is 0 Å². The molecule has 7 aromatic carbocycles. The van der Waals surface area contributed by atoms with Crippen molar-refractivity contribution in [2.45, 2.75) is 31.6 Å². The van der Waals surface area contributed by atoms with Gasteiger partial charge in [0.05, 0.1) is 11.0 Å². The largest absolute Gasteiger partial charge is 0.350 e. The van der Waals surface area contributed by atoms with Gasteiger partial charge in [-0.1, -0.05) is 147 Å². The first-order valence-electron chi connectivity index (χ1n) is 18.1. The van der Waals surface area contributed by atoms with Crippen molar-refractivity contribution in [3.63, 3.8) is 0 Å². The summed E-state index contributed by atoms with van der Waals surface area (Å²) in [5, 5.41) is 9.98. The fraction of sp³-hybridized carbons (Fsp3) is 0.104. The van der Waals surface area contributed by atoms with Gasteiger partial charge in [-0.2, -0.15) is 0 Å². The van der Waals surface area contributed by atoms with Crippen molar-refractivity contribution in [2.75, 3.05) is 0 Å². The summed E-state index contributed by atoms with van der Waals surface area (Å²) in [6.07, 6.45) is -0.291. The van der Waals surface area contributed by atoms with E-state index in [2.05, 4.69) is 199 Å². The number of nitrogens with one attached hydrogen (secondary N) is 2. The highest BCUT2D eigenvalue weighted by molar-refractivity contribution is 6.13. The molecule has 0 bridgehead atoms. The van der Waals surface area contributed by atoms with Crippen LogP contribution >= 0.6 is 0 Å². The summed E-state index contributed by atoms with van der Waals surface area (Å²) in [5.74, 6) is 0.868. The molecule has 0 saturated carbocycles. The van der Waals surface area contributed by atoms with E-state index >= 15 is 0 Å². The summed E-state index contributed by atoms with van der Waals surface area (Å²) in [4.78, 5) is 5.26. The Kier molecular flexibility index (Phi) is 7.02. The first-order chi connectivity index (χ1) is 25.5. The molecule has 2 heterocycles. The third kappa shape index (κ3) is 4.90. The summed E-state index contributed by atoms with van der Waals surface area (Å²) in [5.41, 5.74) is 14.6. The molecule has 1 aliphatic carbocycles. The lowest BCUT2D eigenvalue weighted by molar-refractivity contribution is 0.409. The van der Waals surface area contributed by atoms with Crippen molar-refractivity contribution in [3.8, 4) is 27.9 Å². The Balaban J connectivity index is 1.17. The molecule has 2 atom stereocenters. The van der Waals surface area contributed by atoms with Crippen molar-refractivity contribution < 1.29 is 0 Å². The number of rotatable bonds is 5. The molecule has 1 aromatic heterocycles. The lowest BCUT2D eigenvalue weighted by Crippen LogP contribution is -2.44. The fourth-order valence-corrected chi connectivity index (χ4v) is 8.42. The molecule has 0 amide bonds. The Morgan fingerprint density at radius 3 is 1.98 bits per heavy atom. The zero-order valence-electron chi connectivity index (χ0n) is 29.2. The quantitative estimate of drug-likeness (QED) is 0.191.